The molecular weight excluding hydrogens is 338 g/mol. The van der Waals surface area contributed by atoms with Gasteiger partial charge in [-0.15, -0.1) is 0 Å². The first-order valence-corrected chi connectivity index (χ1v) is 8.86. The second-order valence-corrected chi connectivity index (χ2v) is 6.77. The smallest absolute Gasteiger partial charge is 0.251 e. The fourth-order valence-corrected chi connectivity index (χ4v) is 3.14. The van der Waals surface area contributed by atoms with E-state index in [2.05, 4.69) is 15.4 Å². The number of aromatic nitrogens is 4. The summed E-state index contributed by atoms with van der Waals surface area (Å²) in [6, 6.07) is 13.5. The van der Waals surface area contributed by atoms with Gasteiger partial charge < -0.3 is 9.72 Å². The van der Waals surface area contributed by atoms with Crippen LogP contribution >= 0.6 is 0 Å². The van der Waals surface area contributed by atoms with Crippen LogP contribution in [0.4, 0.5) is 0 Å². The van der Waals surface area contributed by atoms with Crippen molar-refractivity contribution in [3.8, 4) is 5.69 Å². The number of rotatable bonds is 4. The Bertz CT molecular complexity index is 1120. The molecule has 136 valence electrons. The highest BCUT2D eigenvalue weighted by Crippen LogP contribution is 2.13. The van der Waals surface area contributed by atoms with E-state index in [0.717, 1.165) is 34.0 Å². The van der Waals surface area contributed by atoms with Crippen LogP contribution in [0.5, 0.6) is 0 Å². The molecule has 1 N–H and O–H groups in total. The SMILES string of the molecule is Cc1ccn2cc(CNC(=O)c3ccc(-n4nc(C)cc4C)cc3)nc2c1. The predicted molar refractivity (Wildman–Crippen MR) is 104 cm³/mol. The molecule has 0 aliphatic carbocycles. The number of aryl methyl sites for hydroxylation is 3. The fraction of sp³-hybridized carbons (Fsp3) is 0.190. The lowest BCUT2D eigenvalue weighted by atomic mass is 10.2. The maximum Gasteiger partial charge on any atom is 0.251 e. The predicted octanol–water partition coefficient (Wildman–Crippen LogP) is 3.38. The van der Waals surface area contributed by atoms with Gasteiger partial charge in [0.05, 0.1) is 23.6 Å². The second kappa shape index (κ2) is 6.72. The fourth-order valence-electron chi connectivity index (χ4n) is 3.14. The Labute approximate surface area is 157 Å². The van der Waals surface area contributed by atoms with Crippen molar-refractivity contribution in [2.75, 3.05) is 0 Å². The van der Waals surface area contributed by atoms with E-state index in [1.54, 1.807) is 0 Å². The first-order chi connectivity index (χ1) is 13.0. The summed E-state index contributed by atoms with van der Waals surface area (Å²) in [5, 5.41) is 7.39. The van der Waals surface area contributed by atoms with Gasteiger partial charge in [-0.05, 0) is 68.8 Å². The van der Waals surface area contributed by atoms with Crippen molar-refractivity contribution >= 4 is 11.6 Å². The molecule has 0 saturated carbocycles. The monoisotopic (exact) mass is 359 g/mol. The normalized spacial score (nSPS) is 11.1. The van der Waals surface area contributed by atoms with Crippen molar-refractivity contribution in [3.05, 3.63) is 83.1 Å². The molecule has 0 aliphatic heterocycles. The Balaban J connectivity index is 1.45. The summed E-state index contributed by atoms with van der Waals surface area (Å²) in [6.07, 6.45) is 3.90. The summed E-state index contributed by atoms with van der Waals surface area (Å²) in [5.74, 6) is -0.122. The van der Waals surface area contributed by atoms with Crippen molar-refractivity contribution in [2.24, 2.45) is 0 Å². The number of hydrogen-bond donors (Lipinski definition) is 1. The van der Waals surface area contributed by atoms with E-state index >= 15 is 0 Å². The Morgan fingerprint density at radius 3 is 2.56 bits per heavy atom. The highest BCUT2D eigenvalue weighted by Gasteiger charge is 2.09. The minimum absolute atomic E-state index is 0.122. The Kier molecular flexibility index (Phi) is 4.24. The number of fused-ring (bicyclic) bond motifs is 1. The van der Waals surface area contributed by atoms with E-state index in [0.29, 0.717) is 12.1 Å². The van der Waals surface area contributed by atoms with E-state index in [9.17, 15) is 4.79 Å². The molecule has 0 atom stereocenters. The van der Waals surface area contributed by atoms with Crippen LogP contribution < -0.4 is 5.32 Å². The largest absolute Gasteiger partial charge is 0.346 e. The summed E-state index contributed by atoms with van der Waals surface area (Å²) in [7, 11) is 0. The lowest BCUT2D eigenvalue weighted by Crippen LogP contribution is -2.22. The van der Waals surface area contributed by atoms with E-state index in [1.807, 2.05) is 84.7 Å². The molecule has 1 aromatic carbocycles. The average molecular weight is 359 g/mol. The van der Waals surface area contributed by atoms with Crippen LogP contribution in [0.25, 0.3) is 11.3 Å². The minimum atomic E-state index is -0.122. The first kappa shape index (κ1) is 17.0. The van der Waals surface area contributed by atoms with E-state index < -0.39 is 0 Å². The number of nitrogens with zero attached hydrogens (tertiary/aromatic N) is 4. The van der Waals surface area contributed by atoms with Crippen molar-refractivity contribution in [2.45, 2.75) is 27.3 Å². The van der Waals surface area contributed by atoms with Crippen LogP contribution in [0.3, 0.4) is 0 Å². The second-order valence-electron chi connectivity index (χ2n) is 6.77. The molecular formula is C21H21N5O. The van der Waals surface area contributed by atoms with Crippen molar-refractivity contribution in [1.82, 2.24) is 24.5 Å². The van der Waals surface area contributed by atoms with Crippen molar-refractivity contribution in [1.29, 1.82) is 0 Å². The Morgan fingerprint density at radius 2 is 1.85 bits per heavy atom. The minimum Gasteiger partial charge on any atom is -0.346 e. The van der Waals surface area contributed by atoms with Gasteiger partial charge >= 0.3 is 0 Å². The number of carbonyl (C=O) groups is 1. The van der Waals surface area contributed by atoms with Gasteiger partial charge in [-0.25, -0.2) is 9.67 Å². The molecule has 6 nitrogen and oxygen atoms in total. The number of amides is 1. The average Bonchev–Trinajstić information content (AvgIpc) is 3.21. The molecule has 0 unspecified atom stereocenters. The zero-order chi connectivity index (χ0) is 19.0. The van der Waals surface area contributed by atoms with Gasteiger partial charge in [0.25, 0.3) is 5.91 Å². The molecule has 1 amide bonds. The molecule has 0 saturated heterocycles. The Morgan fingerprint density at radius 1 is 1.07 bits per heavy atom. The number of carbonyl (C=O) groups excluding carboxylic acids is 1. The van der Waals surface area contributed by atoms with Crippen LogP contribution in [0.15, 0.2) is 54.9 Å². The molecule has 6 heteroatoms. The van der Waals surface area contributed by atoms with Crippen LogP contribution in [0.1, 0.15) is 33.0 Å². The third-order valence-electron chi connectivity index (χ3n) is 4.48. The standard InChI is InChI=1S/C21H21N5O/c1-14-8-9-25-13-18(23-20(25)10-14)12-22-21(27)17-4-6-19(7-5-17)26-16(3)11-15(2)24-26/h4-11,13H,12H2,1-3H3,(H,22,27). The van der Waals surface area contributed by atoms with Crippen LogP contribution in [-0.4, -0.2) is 25.1 Å². The summed E-state index contributed by atoms with van der Waals surface area (Å²) >= 11 is 0. The lowest BCUT2D eigenvalue weighted by Gasteiger charge is -2.07. The number of imidazole rings is 1. The van der Waals surface area contributed by atoms with Gasteiger partial charge in [-0.1, -0.05) is 0 Å². The summed E-state index contributed by atoms with van der Waals surface area (Å²) in [5.41, 5.74) is 6.45. The van der Waals surface area contributed by atoms with E-state index in [1.165, 1.54) is 0 Å². The number of pyridine rings is 1. The first-order valence-electron chi connectivity index (χ1n) is 8.86. The maximum absolute atomic E-state index is 12.4. The lowest BCUT2D eigenvalue weighted by molar-refractivity contribution is 0.0950. The van der Waals surface area contributed by atoms with Gasteiger partial charge in [-0.3, -0.25) is 4.79 Å². The molecule has 27 heavy (non-hydrogen) atoms. The quantitative estimate of drug-likeness (QED) is 0.608. The molecule has 0 radical (unpaired) electrons. The third-order valence-corrected chi connectivity index (χ3v) is 4.48. The molecule has 0 spiro atoms. The highest BCUT2D eigenvalue weighted by molar-refractivity contribution is 5.94. The highest BCUT2D eigenvalue weighted by atomic mass is 16.1. The summed E-state index contributed by atoms with van der Waals surface area (Å²) in [6.45, 7) is 6.40. The summed E-state index contributed by atoms with van der Waals surface area (Å²) in [4.78, 5) is 17.0. The third kappa shape index (κ3) is 3.46. The zero-order valence-electron chi connectivity index (χ0n) is 15.6. The van der Waals surface area contributed by atoms with Crippen LogP contribution in [0.2, 0.25) is 0 Å². The zero-order valence-corrected chi connectivity index (χ0v) is 15.6. The maximum atomic E-state index is 12.4. The van der Waals surface area contributed by atoms with Gasteiger partial charge in [0.15, 0.2) is 0 Å². The Hall–Kier alpha value is -3.41. The molecule has 0 aliphatic rings. The number of hydrogen-bond acceptors (Lipinski definition) is 3. The number of benzene rings is 1. The molecule has 3 heterocycles. The summed E-state index contributed by atoms with van der Waals surface area (Å²) < 4.78 is 3.83. The van der Waals surface area contributed by atoms with Gasteiger partial charge in [0.2, 0.25) is 0 Å². The van der Waals surface area contributed by atoms with Crippen molar-refractivity contribution < 1.29 is 4.79 Å². The topological polar surface area (TPSA) is 64.2 Å². The molecule has 4 aromatic rings. The van der Waals surface area contributed by atoms with Crippen LogP contribution in [-0.2, 0) is 6.54 Å². The number of nitrogens with one attached hydrogen (secondary N) is 1. The van der Waals surface area contributed by atoms with Crippen molar-refractivity contribution in [3.63, 3.8) is 0 Å². The molecule has 3 aromatic heterocycles. The van der Waals surface area contributed by atoms with E-state index in [-0.39, 0.29) is 5.91 Å². The van der Waals surface area contributed by atoms with Gasteiger partial charge in [0.1, 0.15) is 5.65 Å². The van der Waals surface area contributed by atoms with E-state index in [4.69, 9.17) is 0 Å². The molecule has 0 bridgehead atoms. The molecule has 4 rings (SSSR count). The molecule has 0 fully saturated rings. The van der Waals surface area contributed by atoms with Gasteiger partial charge in [-0.2, -0.15) is 5.10 Å². The van der Waals surface area contributed by atoms with Crippen LogP contribution in [0, 0.1) is 20.8 Å². The van der Waals surface area contributed by atoms with Gasteiger partial charge in [0, 0.05) is 23.7 Å².